The van der Waals surface area contributed by atoms with Crippen LogP contribution in [-0.4, -0.2) is 9.49 Å². The van der Waals surface area contributed by atoms with Gasteiger partial charge in [0.15, 0.2) is 0 Å². The number of benzene rings is 1. The molecule has 0 amide bonds. The van der Waals surface area contributed by atoms with Crippen molar-refractivity contribution in [3.05, 3.63) is 63.4 Å². The number of allylic oxidation sites excluding steroid dienone is 2. The summed E-state index contributed by atoms with van der Waals surface area (Å²) in [6.45, 7) is 0. The molecule has 0 aliphatic carbocycles. The molecule has 0 saturated carbocycles. The van der Waals surface area contributed by atoms with Gasteiger partial charge in [-0.25, -0.2) is 0 Å². The third kappa shape index (κ3) is 2.82. The van der Waals surface area contributed by atoms with E-state index in [-0.39, 0.29) is 0 Å². The van der Waals surface area contributed by atoms with E-state index in [1.165, 1.54) is 6.08 Å². The van der Waals surface area contributed by atoms with Gasteiger partial charge in [0.1, 0.15) is 0 Å². The molecule has 86 valence electrons. The molecule has 5 heteroatoms. The van der Waals surface area contributed by atoms with Crippen LogP contribution in [0.2, 0.25) is 0 Å². The minimum absolute atomic E-state index is 0.491. The molecule has 0 unspecified atom stereocenters. The van der Waals surface area contributed by atoms with Crippen LogP contribution in [0.3, 0.4) is 0 Å². The van der Waals surface area contributed by atoms with E-state index in [0.29, 0.717) is 0 Å². The van der Waals surface area contributed by atoms with Crippen LogP contribution in [0.15, 0.2) is 53.3 Å². The zero-order valence-corrected chi connectivity index (χ0v) is 10.4. The highest BCUT2D eigenvalue weighted by Gasteiger charge is 1.98. The first-order valence-electron chi connectivity index (χ1n) is 4.91. The SMILES string of the molecule is O=[N+]([O-])/C=C/C=C/n1ccc2cc(Br)ccc21. The molecule has 4 nitrogen and oxygen atoms in total. The maximum absolute atomic E-state index is 10.1. The van der Waals surface area contributed by atoms with Gasteiger partial charge in [-0.2, -0.15) is 0 Å². The molecular formula is C12H9BrN2O2. The Morgan fingerprint density at radius 1 is 1.29 bits per heavy atom. The lowest BCUT2D eigenvalue weighted by atomic mass is 10.2. The summed E-state index contributed by atoms with van der Waals surface area (Å²) >= 11 is 3.41. The molecule has 17 heavy (non-hydrogen) atoms. The van der Waals surface area contributed by atoms with Crippen molar-refractivity contribution in [2.75, 3.05) is 0 Å². The Hall–Kier alpha value is -1.88. The van der Waals surface area contributed by atoms with Gasteiger partial charge in [0.05, 0.1) is 10.4 Å². The monoisotopic (exact) mass is 292 g/mol. The Balaban J connectivity index is 2.28. The summed E-state index contributed by atoms with van der Waals surface area (Å²) in [7, 11) is 0. The standard InChI is InChI=1S/C12H9BrN2O2/c13-11-3-4-12-10(9-11)5-8-14(12)6-1-2-7-15(16)17/h1-9H/b6-1+,7-2+. The molecule has 0 aliphatic heterocycles. The number of nitro groups is 1. The normalized spacial score (nSPS) is 11.8. The lowest BCUT2D eigenvalue weighted by Crippen LogP contribution is -1.83. The minimum atomic E-state index is -0.491. The Morgan fingerprint density at radius 2 is 2.12 bits per heavy atom. The van der Waals surface area contributed by atoms with Gasteiger partial charge in [-0.15, -0.1) is 0 Å². The first-order chi connectivity index (χ1) is 8.16. The maximum atomic E-state index is 10.1. The van der Waals surface area contributed by atoms with E-state index in [4.69, 9.17) is 0 Å². The Kier molecular flexibility index (Phi) is 3.39. The fourth-order valence-electron chi connectivity index (χ4n) is 1.53. The number of nitrogens with zero attached hydrogens (tertiary/aromatic N) is 2. The smallest absolute Gasteiger partial charge is 0.234 e. The molecule has 0 N–H and O–H groups in total. The number of rotatable bonds is 3. The summed E-state index contributed by atoms with van der Waals surface area (Å²) in [6, 6.07) is 7.95. The van der Waals surface area contributed by atoms with Crippen molar-refractivity contribution in [2.45, 2.75) is 0 Å². The lowest BCUT2D eigenvalue weighted by Gasteiger charge is -1.97. The van der Waals surface area contributed by atoms with Crippen LogP contribution >= 0.6 is 15.9 Å². The lowest BCUT2D eigenvalue weighted by molar-refractivity contribution is -0.402. The summed E-state index contributed by atoms with van der Waals surface area (Å²) in [4.78, 5) is 9.59. The maximum Gasteiger partial charge on any atom is 0.234 e. The highest BCUT2D eigenvalue weighted by molar-refractivity contribution is 9.10. The second-order valence-corrected chi connectivity index (χ2v) is 4.31. The predicted molar refractivity (Wildman–Crippen MR) is 71.1 cm³/mol. The molecule has 0 bridgehead atoms. The minimum Gasteiger partial charge on any atom is -0.323 e. The number of fused-ring (bicyclic) bond motifs is 1. The average Bonchev–Trinajstić information content (AvgIpc) is 2.66. The van der Waals surface area contributed by atoms with Crippen LogP contribution in [0.1, 0.15) is 0 Å². The Bertz CT molecular complexity index is 614. The van der Waals surface area contributed by atoms with Crippen molar-refractivity contribution < 1.29 is 4.92 Å². The molecule has 1 heterocycles. The van der Waals surface area contributed by atoms with Gasteiger partial charge in [0.25, 0.3) is 0 Å². The quantitative estimate of drug-likeness (QED) is 0.492. The largest absolute Gasteiger partial charge is 0.323 e. The van der Waals surface area contributed by atoms with Gasteiger partial charge >= 0.3 is 0 Å². The second-order valence-electron chi connectivity index (χ2n) is 3.39. The molecular weight excluding hydrogens is 284 g/mol. The van der Waals surface area contributed by atoms with Crippen molar-refractivity contribution in [1.29, 1.82) is 0 Å². The fourth-order valence-corrected chi connectivity index (χ4v) is 1.91. The highest BCUT2D eigenvalue weighted by atomic mass is 79.9. The molecule has 0 aliphatic rings. The number of hydrogen-bond donors (Lipinski definition) is 0. The van der Waals surface area contributed by atoms with Gasteiger partial charge in [0, 0.05) is 28.3 Å². The Morgan fingerprint density at radius 3 is 2.88 bits per heavy atom. The number of halogens is 1. The van der Waals surface area contributed by atoms with Crippen LogP contribution in [-0.2, 0) is 0 Å². The summed E-state index contributed by atoms with van der Waals surface area (Å²) in [5, 5.41) is 11.2. The van der Waals surface area contributed by atoms with E-state index in [2.05, 4.69) is 15.9 Å². The van der Waals surface area contributed by atoms with Crippen molar-refractivity contribution in [2.24, 2.45) is 0 Å². The summed E-state index contributed by atoms with van der Waals surface area (Å²) in [6.07, 6.45) is 7.61. The average molecular weight is 293 g/mol. The van der Waals surface area contributed by atoms with E-state index in [1.54, 1.807) is 12.3 Å². The summed E-state index contributed by atoms with van der Waals surface area (Å²) in [5.41, 5.74) is 1.05. The first-order valence-corrected chi connectivity index (χ1v) is 5.71. The van der Waals surface area contributed by atoms with Crippen molar-refractivity contribution in [3.63, 3.8) is 0 Å². The van der Waals surface area contributed by atoms with E-state index in [9.17, 15) is 10.1 Å². The van der Waals surface area contributed by atoms with Gasteiger partial charge in [0.2, 0.25) is 6.20 Å². The van der Waals surface area contributed by atoms with Crippen LogP contribution in [0, 0.1) is 10.1 Å². The summed E-state index contributed by atoms with van der Waals surface area (Å²) < 4.78 is 2.94. The van der Waals surface area contributed by atoms with Crippen molar-refractivity contribution >= 4 is 33.0 Å². The van der Waals surface area contributed by atoms with Gasteiger partial charge in [-0.05, 0) is 30.3 Å². The summed E-state index contributed by atoms with van der Waals surface area (Å²) in [5.74, 6) is 0. The van der Waals surface area contributed by atoms with E-state index < -0.39 is 4.92 Å². The zero-order valence-electron chi connectivity index (χ0n) is 8.79. The number of hydrogen-bond acceptors (Lipinski definition) is 2. The topological polar surface area (TPSA) is 48.1 Å². The van der Waals surface area contributed by atoms with Crippen molar-refractivity contribution in [1.82, 2.24) is 4.57 Å². The molecule has 0 fully saturated rings. The zero-order chi connectivity index (χ0) is 12.3. The van der Waals surface area contributed by atoms with Gasteiger partial charge in [-0.3, -0.25) is 10.1 Å². The molecule has 2 rings (SSSR count). The van der Waals surface area contributed by atoms with Gasteiger partial charge < -0.3 is 4.57 Å². The van der Waals surface area contributed by atoms with Crippen LogP contribution in [0.25, 0.3) is 17.1 Å². The van der Waals surface area contributed by atoms with Gasteiger partial charge in [-0.1, -0.05) is 15.9 Å². The first kappa shape index (κ1) is 11.6. The van der Waals surface area contributed by atoms with Crippen molar-refractivity contribution in [3.8, 4) is 0 Å². The third-order valence-electron chi connectivity index (χ3n) is 2.25. The molecule has 0 spiro atoms. The highest BCUT2D eigenvalue weighted by Crippen LogP contribution is 2.20. The number of aromatic nitrogens is 1. The molecule has 0 atom stereocenters. The van der Waals surface area contributed by atoms with E-state index >= 15 is 0 Å². The van der Waals surface area contributed by atoms with Crippen LogP contribution < -0.4 is 0 Å². The van der Waals surface area contributed by atoms with E-state index in [1.807, 2.05) is 35.0 Å². The molecule has 0 radical (unpaired) electrons. The fraction of sp³-hybridized carbons (Fsp3) is 0. The van der Waals surface area contributed by atoms with Crippen LogP contribution in [0.5, 0.6) is 0 Å². The Labute approximate surface area is 106 Å². The van der Waals surface area contributed by atoms with Crippen LogP contribution in [0.4, 0.5) is 0 Å². The van der Waals surface area contributed by atoms with E-state index in [0.717, 1.165) is 21.6 Å². The molecule has 1 aromatic carbocycles. The third-order valence-corrected chi connectivity index (χ3v) is 2.74. The second kappa shape index (κ2) is 4.97. The predicted octanol–water partition coefficient (Wildman–Crippen LogP) is 3.66. The molecule has 2 aromatic rings. The molecule has 1 aromatic heterocycles. The molecule has 0 saturated heterocycles.